The van der Waals surface area contributed by atoms with Crippen molar-refractivity contribution in [3.63, 3.8) is 0 Å². The number of fused-ring (bicyclic) bond motifs is 1. The van der Waals surface area contributed by atoms with E-state index in [1.54, 1.807) is 32.2 Å². The van der Waals surface area contributed by atoms with Crippen LogP contribution in [0.15, 0.2) is 85.7 Å². The van der Waals surface area contributed by atoms with Gasteiger partial charge in [-0.15, -0.1) is 0 Å². The molecule has 636 valence electrons. The van der Waals surface area contributed by atoms with Crippen LogP contribution in [-0.2, 0) is 101 Å². The number of amides is 11. The van der Waals surface area contributed by atoms with E-state index < -0.39 is 47.6 Å². The van der Waals surface area contributed by atoms with E-state index in [0.717, 1.165) is 40.9 Å². The number of β-amino-alcohol motifs (C(OH)–C–C–N with tert-alkyl or cyclic N) is 1. The second-order valence-electron chi connectivity index (χ2n) is 27.8. The monoisotopic (exact) mass is 1640 g/mol. The van der Waals surface area contributed by atoms with Gasteiger partial charge < -0.3 is 119 Å². The number of rotatable bonds is 47. The lowest BCUT2D eigenvalue weighted by atomic mass is 9.96. The third kappa shape index (κ3) is 27.2. The van der Waals surface area contributed by atoms with Gasteiger partial charge in [0, 0.05) is 157 Å². The molecule has 5 aromatic heterocycles. The Labute approximate surface area is 680 Å². The largest absolute Gasteiger partial charge is 0.392 e. The first-order valence-corrected chi connectivity index (χ1v) is 38.6. The number of benzene rings is 2. The molecule has 41 heteroatoms. The van der Waals surface area contributed by atoms with E-state index in [9.17, 15) is 63.0 Å². The van der Waals surface area contributed by atoms with E-state index in [2.05, 4.69) is 77.7 Å². The summed E-state index contributed by atoms with van der Waals surface area (Å²) in [6.45, 7) is 7.93. The lowest BCUT2D eigenvalue weighted by Gasteiger charge is -2.41. The van der Waals surface area contributed by atoms with Gasteiger partial charge in [0.2, 0.25) is 58.7 Å². The fraction of sp³-hybridized carbons (Fsp3) is 0.481. The average Bonchev–Trinajstić information content (AvgIpc) is 1.10. The maximum atomic E-state index is 13.3. The zero-order chi connectivity index (χ0) is 84.6. The molecule has 2 aliphatic heterocycles. The topological polar surface area (TPSA) is 485 Å². The lowest BCUT2D eigenvalue weighted by Crippen LogP contribution is -2.50. The Morgan fingerprint density at radius 2 is 0.966 bits per heavy atom. The number of nitrogens with zero attached hydrogens (tertiary/aromatic N) is 14. The first-order chi connectivity index (χ1) is 56.8. The summed E-state index contributed by atoms with van der Waals surface area (Å²) in [7, 11) is 9.81. The van der Waals surface area contributed by atoms with Crippen molar-refractivity contribution in [1.29, 1.82) is 0 Å². The minimum absolute atomic E-state index is 0.00629. The number of carbonyl (C=O) groups excluding carboxylic acids is 11. The van der Waals surface area contributed by atoms with Gasteiger partial charge >= 0.3 is 0 Å². The molecule has 0 spiro atoms. The molecule has 0 unspecified atom stereocenters. The van der Waals surface area contributed by atoms with Gasteiger partial charge in [-0.05, 0) is 73.8 Å². The second-order valence-corrected chi connectivity index (χ2v) is 27.8. The summed E-state index contributed by atoms with van der Waals surface area (Å²) in [6, 6.07) is 13.4. The van der Waals surface area contributed by atoms with Gasteiger partial charge in [-0.1, -0.05) is 36.4 Å². The van der Waals surface area contributed by atoms with E-state index in [1.807, 2.05) is 60.5 Å². The Bertz CT molecular complexity index is 4660. The van der Waals surface area contributed by atoms with Crippen LogP contribution < -0.4 is 57.7 Å². The van der Waals surface area contributed by atoms with Crippen molar-refractivity contribution in [2.45, 2.75) is 71.2 Å². The third-order valence-corrected chi connectivity index (χ3v) is 18.7. The number of anilines is 6. The number of aliphatic hydroxyl groups is 2. The zero-order valence-corrected chi connectivity index (χ0v) is 67.4. The summed E-state index contributed by atoms with van der Waals surface area (Å²) in [6.07, 6.45) is 11.7. The van der Waals surface area contributed by atoms with Gasteiger partial charge in [-0.3, -0.25) is 57.6 Å². The van der Waals surface area contributed by atoms with Gasteiger partial charge in [0.15, 0.2) is 35.3 Å². The Balaban J connectivity index is 0.522. The molecule has 118 heavy (non-hydrogen) atoms. The van der Waals surface area contributed by atoms with E-state index >= 15 is 0 Å². The van der Waals surface area contributed by atoms with Crippen LogP contribution in [0.3, 0.4) is 0 Å². The number of hydrogen-bond donors (Lipinski definition) is 11. The number of carbonyl (C=O) groups is 11. The molecule has 1 atom stereocenters. The summed E-state index contributed by atoms with van der Waals surface area (Å²) < 4.78 is 35.0. The minimum atomic E-state index is -1.03. The highest BCUT2D eigenvalue weighted by molar-refractivity contribution is 6.04. The Morgan fingerprint density at radius 1 is 0.508 bits per heavy atom. The average molecular weight is 1640 g/mol. The third-order valence-electron chi connectivity index (χ3n) is 18.7. The number of aliphatic hydroxyl groups excluding tert-OH is 2. The van der Waals surface area contributed by atoms with Crippen LogP contribution in [0.2, 0.25) is 0 Å². The molecule has 0 fully saturated rings. The maximum Gasteiger partial charge on any atom is 0.292 e. The Hall–Kier alpha value is -12.1. The summed E-state index contributed by atoms with van der Waals surface area (Å²) >= 11 is 0. The summed E-state index contributed by atoms with van der Waals surface area (Å²) in [4.78, 5) is 169. The smallest absolute Gasteiger partial charge is 0.292 e. The fourth-order valence-corrected chi connectivity index (χ4v) is 12.6. The highest BCUT2D eigenvalue weighted by Gasteiger charge is 2.34. The van der Waals surface area contributed by atoms with Crippen molar-refractivity contribution in [2.75, 3.05) is 170 Å². The van der Waals surface area contributed by atoms with E-state index in [4.69, 9.17) is 23.7 Å². The van der Waals surface area contributed by atoms with Crippen molar-refractivity contribution in [3.8, 4) is 0 Å². The van der Waals surface area contributed by atoms with Gasteiger partial charge in [0.1, 0.15) is 6.61 Å². The normalized spacial score (nSPS) is 13.2. The number of aromatic nitrogens is 10. The molecular formula is C77H105N23O18. The number of aryl methyl sites for hydroxylation is 5. The molecule has 0 radical (unpaired) electrons. The fourth-order valence-electron chi connectivity index (χ4n) is 12.6. The van der Waals surface area contributed by atoms with Crippen molar-refractivity contribution in [3.05, 3.63) is 132 Å². The van der Waals surface area contributed by atoms with Crippen molar-refractivity contribution in [1.82, 2.24) is 84.1 Å². The highest BCUT2D eigenvalue weighted by Crippen LogP contribution is 2.39. The van der Waals surface area contributed by atoms with E-state index in [1.165, 1.54) is 79.7 Å². The molecule has 11 amide bonds. The van der Waals surface area contributed by atoms with E-state index in [-0.39, 0.29) is 154 Å². The number of ether oxygens (including phenoxy) is 5. The predicted octanol–water partition coefficient (Wildman–Crippen LogP) is 0.413. The van der Waals surface area contributed by atoms with Crippen LogP contribution >= 0.6 is 0 Å². The van der Waals surface area contributed by atoms with Crippen molar-refractivity contribution in [2.24, 2.45) is 35.2 Å². The van der Waals surface area contributed by atoms with Gasteiger partial charge in [0.25, 0.3) is 29.5 Å². The SMILES string of the molecule is CC(=O)N1c2ccc(C3=CCN(C(=O)COCCOCCOCCOCCOCCC(=O)NCCCN(C)CCCNC(=O)CCNC(=O)c4nc(NC(=O)CCNC(=O)c5nc(NC(=O)c6nc(NC(=O)CCNC(=O)c7nc(NC(=O)c8nccn8C)cn7C)cn6C)cn5C)cn4C)CC3)cc2N(Cc2ccccc2CO)C[C@@H]1O. The molecule has 0 saturated heterocycles. The quantitative estimate of drug-likeness (QED) is 0.0230. The second kappa shape index (κ2) is 45.4. The predicted molar refractivity (Wildman–Crippen MR) is 430 cm³/mol. The standard InChI is InChI=1S/C77H105N23O18/c1-51(102)100-56-15-14-53(42-57(56)99(48-66(100)107)43-54-12-8-9-13-55(54)49-101)52-19-30-98(31-20-52)67(108)50-118-41-40-117-39-38-116-37-36-115-35-34-114-33-21-63(104)79-23-11-29-92(2)28-10-22-78-62(103)16-24-81-73(109)69-86-58(44-94(69)4)84-64(105)17-25-83-75(111)71-89-61(47-96(71)6)91-77(113)72-87-59(45-97(72)7)85-65(106)18-26-82-74(110)70-88-60(46-95(70)5)90-76(112)68-80-27-32-93(68)3/h8-9,12-15,19,27,32,42,44-47,66,101,107H,10-11,16-18,20-26,28-31,33-41,43,48-50H2,1-7H3,(H,78,103)(H,79,104)(H,81,109)(H,82,110)(H,83,111)(H,84,105)(H,85,106)(H,90,112)(H,91,113)/t66-/m0/s1. The molecule has 2 aromatic carbocycles. The van der Waals surface area contributed by atoms with Crippen LogP contribution in [0, 0.1) is 0 Å². The van der Waals surface area contributed by atoms with Gasteiger partial charge in [-0.25, -0.2) is 24.9 Å². The van der Waals surface area contributed by atoms with Crippen LogP contribution in [-0.4, -0.2) is 278 Å². The van der Waals surface area contributed by atoms with Crippen LogP contribution in [0.25, 0.3) is 5.57 Å². The minimum Gasteiger partial charge on any atom is -0.392 e. The number of hydrogen-bond acceptors (Lipinski definition) is 25. The zero-order valence-electron chi connectivity index (χ0n) is 67.4. The Kier molecular flexibility index (Phi) is 34.6. The molecule has 7 aromatic rings. The molecule has 11 N–H and O–H groups in total. The van der Waals surface area contributed by atoms with Crippen LogP contribution in [0.5, 0.6) is 0 Å². The summed E-state index contributed by atoms with van der Waals surface area (Å²) in [5.74, 6) is -4.64. The molecule has 9 rings (SSSR count). The maximum absolute atomic E-state index is 13.3. The first-order valence-electron chi connectivity index (χ1n) is 38.6. The molecule has 0 bridgehead atoms. The molecular weight excluding hydrogens is 1530 g/mol. The molecule has 41 nitrogen and oxygen atoms in total. The molecule has 0 aliphatic carbocycles. The van der Waals surface area contributed by atoms with E-state index in [0.29, 0.717) is 104 Å². The number of imidazole rings is 5. The van der Waals surface area contributed by atoms with Crippen LogP contribution in [0.4, 0.5) is 34.6 Å². The molecule has 0 saturated carbocycles. The molecule has 7 heterocycles. The number of nitrogens with one attached hydrogen (secondary N) is 9. The highest BCUT2D eigenvalue weighted by atomic mass is 16.6. The van der Waals surface area contributed by atoms with Crippen LogP contribution in [0.1, 0.15) is 122 Å². The molecule has 2 aliphatic rings. The van der Waals surface area contributed by atoms with Crippen molar-refractivity contribution < 1.29 is 86.6 Å². The van der Waals surface area contributed by atoms with Gasteiger partial charge in [0.05, 0.1) is 84.0 Å². The summed E-state index contributed by atoms with van der Waals surface area (Å²) in [5.41, 5.74) is 5.17. The lowest BCUT2D eigenvalue weighted by molar-refractivity contribution is -0.136. The van der Waals surface area contributed by atoms with Crippen molar-refractivity contribution >= 4 is 105 Å². The Morgan fingerprint density at radius 3 is 1.44 bits per heavy atom. The van der Waals surface area contributed by atoms with Gasteiger partial charge in [-0.2, -0.15) is 0 Å². The summed E-state index contributed by atoms with van der Waals surface area (Å²) in [5, 5.41) is 44.9. The first kappa shape index (κ1) is 89.8.